The van der Waals surface area contributed by atoms with Crippen molar-refractivity contribution in [2.24, 2.45) is 0 Å². The fourth-order valence-electron chi connectivity index (χ4n) is 1.66. The van der Waals surface area contributed by atoms with E-state index in [4.69, 9.17) is 9.15 Å². The van der Waals surface area contributed by atoms with Crippen LogP contribution in [0.15, 0.2) is 47.2 Å². The lowest BCUT2D eigenvalue weighted by Crippen LogP contribution is -2.06. The van der Waals surface area contributed by atoms with E-state index in [2.05, 4.69) is 9.97 Å². The molecule has 3 rings (SSSR count). The van der Waals surface area contributed by atoms with Gasteiger partial charge >= 0.3 is 5.97 Å². The van der Waals surface area contributed by atoms with E-state index in [1.165, 1.54) is 0 Å². The first-order valence-corrected chi connectivity index (χ1v) is 5.46. The molecule has 0 aliphatic carbocycles. The highest BCUT2D eigenvalue weighted by atomic mass is 16.5. The van der Waals surface area contributed by atoms with Crippen molar-refractivity contribution in [3.63, 3.8) is 0 Å². The van der Waals surface area contributed by atoms with Crippen molar-refractivity contribution in [3.8, 4) is 0 Å². The molecule has 0 aliphatic rings. The number of carbonyl (C=O) groups excluding carboxylic acids is 1. The Labute approximate surface area is 102 Å². The predicted molar refractivity (Wildman–Crippen MR) is 63.9 cm³/mol. The smallest absolute Gasteiger partial charge is 0.355 e. The molecule has 0 unspecified atom stereocenters. The number of aromatic nitrogens is 2. The first-order chi connectivity index (χ1) is 8.83. The number of nitrogens with one attached hydrogen (secondary N) is 1. The Morgan fingerprint density at radius 3 is 3.11 bits per heavy atom. The number of rotatable bonds is 3. The predicted octanol–water partition coefficient (Wildman–Crippen LogP) is 2.51. The molecule has 0 atom stereocenters. The lowest BCUT2D eigenvalue weighted by Gasteiger charge is -2.02. The van der Waals surface area contributed by atoms with Gasteiger partial charge in [-0.05, 0) is 12.1 Å². The summed E-state index contributed by atoms with van der Waals surface area (Å²) in [6.45, 7) is 0.153. The van der Waals surface area contributed by atoms with Gasteiger partial charge in [-0.2, -0.15) is 0 Å². The lowest BCUT2D eigenvalue weighted by molar-refractivity contribution is 0.0462. The van der Waals surface area contributed by atoms with Crippen LogP contribution in [0.4, 0.5) is 0 Å². The summed E-state index contributed by atoms with van der Waals surface area (Å²) in [7, 11) is 0. The van der Waals surface area contributed by atoms with Crippen molar-refractivity contribution < 1.29 is 13.9 Å². The minimum Gasteiger partial charge on any atom is -0.463 e. The average Bonchev–Trinajstić information content (AvgIpc) is 2.98. The van der Waals surface area contributed by atoms with Crippen LogP contribution in [0, 0.1) is 0 Å². The molecule has 90 valence electrons. The van der Waals surface area contributed by atoms with Gasteiger partial charge in [0.15, 0.2) is 5.58 Å². The first kappa shape index (κ1) is 10.6. The number of pyridine rings is 1. The van der Waals surface area contributed by atoms with Crippen LogP contribution in [0.2, 0.25) is 0 Å². The molecule has 5 heteroatoms. The number of hydrogen-bond acceptors (Lipinski definition) is 4. The maximum absolute atomic E-state index is 11.8. The Hall–Kier alpha value is -2.56. The second-order valence-corrected chi connectivity index (χ2v) is 3.78. The van der Waals surface area contributed by atoms with Crippen molar-refractivity contribution in [2.45, 2.75) is 6.61 Å². The molecule has 3 aromatic rings. The van der Waals surface area contributed by atoms with Gasteiger partial charge in [-0.3, -0.25) is 4.98 Å². The van der Waals surface area contributed by atoms with Crippen LogP contribution in [0.3, 0.4) is 0 Å². The standard InChI is InChI=1S/C13H10N2O3/c16-13(18-8-9-3-1-2-5-14-9)11-7-12-10(15-11)4-6-17-12/h1-7,15H,8H2. The van der Waals surface area contributed by atoms with Crippen molar-refractivity contribution in [1.82, 2.24) is 9.97 Å². The molecule has 5 nitrogen and oxygen atoms in total. The highest BCUT2D eigenvalue weighted by Gasteiger charge is 2.12. The van der Waals surface area contributed by atoms with E-state index in [1.54, 1.807) is 30.7 Å². The van der Waals surface area contributed by atoms with E-state index in [1.807, 2.05) is 12.1 Å². The van der Waals surface area contributed by atoms with Crippen molar-refractivity contribution in [2.75, 3.05) is 0 Å². The summed E-state index contributed by atoms with van der Waals surface area (Å²) < 4.78 is 10.3. The Balaban J connectivity index is 1.70. The second kappa shape index (κ2) is 4.37. The molecule has 18 heavy (non-hydrogen) atoms. The van der Waals surface area contributed by atoms with Gasteiger partial charge in [0.2, 0.25) is 0 Å². The SMILES string of the molecule is O=C(OCc1ccccn1)c1cc2occc2[nH]1. The van der Waals surface area contributed by atoms with E-state index in [0.717, 1.165) is 5.52 Å². The van der Waals surface area contributed by atoms with Crippen LogP contribution < -0.4 is 0 Å². The summed E-state index contributed by atoms with van der Waals surface area (Å²) in [4.78, 5) is 18.8. The fraction of sp³-hybridized carbons (Fsp3) is 0.0769. The van der Waals surface area contributed by atoms with Crippen molar-refractivity contribution in [3.05, 3.63) is 54.2 Å². The van der Waals surface area contributed by atoms with Crippen molar-refractivity contribution in [1.29, 1.82) is 0 Å². The topological polar surface area (TPSA) is 68.1 Å². The molecule has 1 N–H and O–H groups in total. The van der Waals surface area contributed by atoms with E-state index < -0.39 is 5.97 Å². The zero-order chi connectivity index (χ0) is 12.4. The summed E-state index contributed by atoms with van der Waals surface area (Å²) in [5.41, 5.74) is 2.50. The molecular formula is C13H10N2O3. The molecule has 0 fully saturated rings. The van der Waals surface area contributed by atoms with Gasteiger partial charge in [-0.1, -0.05) is 6.07 Å². The molecule has 3 aromatic heterocycles. The minimum atomic E-state index is -0.424. The summed E-state index contributed by atoms with van der Waals surface area (Å²) in [6, 6.07) is 8.83. The average molecular weight is 242 g/mol. The molecule has 0 spiro atoms. The van der Waals surface area contributed by atoms with E-state index in [0.29, 0.717) is 17.0 Å². The number of carbonyl (C=O) groups is 1. The molecule has 0 saturated heterocycles. The summed E-state index contributed by atoms with van der Waals surface area (Å²) in [5.74, 6) is -0.424. The Morgan fingerprint density at radius 2 is 2.33 bits per heavy atom. The van der Waals surface area contributed by atoms with Gasteiger partial charge in [0.1, 0.15) is 12.3 Å². The molecule has 0 saturated carbocycles. The van der Waals surface area contributed by atoms with Crippen molar-refractivity contribution >= 4 is 17.1 Å². The van der Waals surface area contributed by atoms with Crippen LogP contribution in [0.1, 0.15) is 16.2 Å². The Bertz CT molecular complexity index is 641. The van der Waals surface area contributed by atoms with Gasteiger partial charge < -0.3 is 14.1 Å². The van der Waals surface area contributed by atoms with Gasteiger partial charge in [0.25, 0.3) is 0 Å². The van der Waals surface area contributed by atoms with Crippen LogP contribution in [0.25, 0.3) is 11.1 Å². The fourth-order valence-corrected chi connectivity index (χ4v) is 1.66. The maximum atomic E-state index is 11.8. The maximum Gasteiger partial charge on any atom is 0.355 e. The largest absolute Gasteiger partial charge is 0.463 e. The van der Waals surface area contributed by atoms with Gasteiger partial charge in [-0.15, -0.1) is 0 Å². The molecule has 3 heterocycles. The summed E-state index contributed by atoms with van der Waals surface area (Å²) >= 11 is 0. The number of H-pyrrole nitrogens is 1. The number of esters is 1. The quantitative estimate of drug-likeness (QED) is 0.716. The van der Waals surface area contributed by atoms with Gasteiger partial charge in [-0.25, -0.2) is 4.79 Å². The molecular weight excluding hydrogens is 232 g/mol. The number of nitrogens with zero attached hydrogens (tertiary/aromatic N) is 1. The normalized spacial score (nSPS) is 10.7. The number of furan rings is 1. The lowest BCUT2D eigenvalue weighted by atomic mass is 10.4. The molecule has 0 aromatic carbocycles. The zero-order valence-corrected chi connectivity index (χ0v) is 9.42. The molecule has 0 radical (unpaired) electrons. The molecule has 0 amide bonds. The number of hydrogen-bond donors (Lipinski definition) is 1. The summed E-state index contributed by atoms with van der Waals surface area (Å²) in [6.07, 6.45) is 3.22. The number of fused-ring (bicyclic) bond motifs is 1. The van der Waals surface area contributed by atoms with Gasteiger partial charge in [0, 0.05) is 18.3 Å². The molecule has 0 aliphatic heterocycles. The van der Waals surface area contributed by atoms with E-state index in [9.17, 15) is 4.79 Å². The minimum absolute atomic E-state index is 0.153. The van der Waals surface area contributed by atoms with Crippen LogP contribution in [-0.4, -0.2) is 15.9 Å². The summed E-state index contributed by atoms with van der Waals surface area (Å²) in [5, 5.41) is 0. The van der Waals surface area contributed by atoms with Crippen LogP contribution >= 0.6 is 0 Å². The highest BCUT2D eigenvalue weighted by molar-refractivity contribution is 5.93. The van der Waals surface area contributed by atoms with Crippen LogP contribution in [-0.2, 0) is 11.3 Å². The number of ether oxygens (including phenoxy) is 1. The Morgan fingerprint density at radius 1 is 1.39 bits per heavy atom. The Kier molecular flexibility index (Phi) is 2.57. The highest BCUT2D eigenvalue weighted by Crippen LogP contribution is 2.16. The third kappa shape index (κ3) is 1.98. The monoisotopic (exact) mass is 242 g/mol. The third-order valence-corrected chi connectivity index (χ3v) is 2.54. The van der Waals surface area contributed by atoms with Gasteiger partial charge in [0.05, 0.1) is 17.5 Å². The van der Waals surface area contributed by atoms with E-state index in [-0.39, 0.29) is 6.61 Å². The first-order valence-electron chi connectivity index (χ1n) is 5.46. The van der Waals surface area contributed by atoms with E-state index >= 15 is 0 Å². The number of aromatic amines is 1. The molecule has 0 bridgehead atoms. The zero-order valence-electron chi connectivity index (χ0n) is 9.42. The van der Waals surface area contributed by atoms with Crippen LogP contribution in [0.5, 0.6) is 0 Å². The second-order valence-electron chi connectivity index (χ2n) is 3.78. The third-order valence-electron chi connectivity index (χ3n) is 2.54.